The molecule has 12 nitrogen and oxygen atoms in total. The molecule has 0 unspecified atom stereocenters. The SMILES string of the molecule is C.C[C@H](OC(=O)C1CC2(CC(NC(=O)c3cn(CCF)c4nccc(Cc5ccc(C(F)(F)F)cc5)c34)C2)C1)c1ccccc1.O=C(NC1CC2(C1)CC(C(=O)O)C2)c1cn(CCF)c2nccc(Cc3ccc(C(F)(F)F)cc3)c12. The van der Waals surface area contributed by atoms with Gasteiger partial charge in [-0.15, -0.1) is 0 Å². The number of carbonyl (C=O) groups is 4. The highest BCUT2D eigenvalue weighted by molar-refractivity contribution is 6.08. The average Bonchev–Trinajstić information content (AvgIpc) is 4.12. The zero-order valence-electron chi connectivity index (χ0n) is 43.6. The maximum absolute atomic E-state index is 13.5. The summed E-state index contributed by atoms with van der Waals surface area (Å²) < 4.78 is 113. The zero-order valence-corrected chi connectivity index (χ0v) is 43.6. The molecule has 7 aromatic rings. The first kappa shape index (κ1) is 58.0. The van der Waals surface area contributed by atoms with E-state index in [1.807, 2.05) is 37.3 Å². The second-order valence-electron chi connectivity index (χ2n) is 22.1. The third-order valence-electron chi connectivity index (χ3n) is 16.5. The molecule has 0 bridgehead atoms. The van der Waals surface area contributed by atoms with Crippen LogP contribution in [0.3, 0.4) is 0 Å². The van der Waals surface area contributed by atoms with Gasteiger partial charge in [-0.25, -0.2) is 18.7 Å². The highest BCUT2D eigenvalue weighted by Crippen LogP contribution is 2.60. The molecule has 428 valence electrons. The predicted octanol–water partition coefficient (Wildman–Crippen LogP) is 12.8. The summed E-state index contributed by atoms with van der Waals surface area (Å²) in [6.07, 6.45) is 3.37. The van der Waals surface area contributed by atoms with Crippen molar-refractivity contribution in [3.63, 3.8) is 0 Å². The van der Waals surface area contributed by atoms with E-state index in [4.69, 9.17) is 9.84 Å². The molecule has 4 aliphatic rings. The zero-order chi connectivity index (χ0) is 56.7. The van der Waals surface area contributed by atoms with Crippen molar-refractivity contribution in [2.24, 2.45) is 22.7 Å². The largest absolute Gasteiger partial charge is 0.481 e. The third-order valence-corrected chi connectivity index (χ3v) is 16.5. The van der Waals surface area contributed by atoms with Gasteiger partial charge in [0.15, 0.2) is 0 Å². The van der Waals surface area contributed by atoms with E-state index in [2.05, 4.69) is 20.6 Å². The molecule has 3 aromatic carbocycles. The smallest absolute Gasteiger partial charge is 0.416 e. The Bertz CT molecular complexity index is 3410. The van der Waals surface area contributed by atoms with E-state index >= 15 is 0 Å². The lowest BCUT2D eigenvalue weighted by Crippen LogP contribution is -2.57. The fourth-order valence-electron chi connectivity index (χ4n) is 12.5. The fraction of sp³-hybridized carbons (Fsp3) is 0.410. The Labute approximate surface area is 462 Å². The number of carboxylic acid groups (broad SMARTS) is 1. The van der Waals surface area contributed by atoms with Crippen LogP contribution in [0.4, 0.5) is 35.1 Å². The number of aryl methyl sites for hydroxylation is 2. The normalized spacial score (nSPS) is 22.2. The number of nitrogens with one attached hydrogen (secondary N) is 2. The van der Waals surface area contributed by atoms with E-state index in [1.54, 1.807) is 46.1 Å². The first-order valence-corrected chi connectivity index (χ1v) is 26.6. The Morgan fingerprint density at radius 2 is 1.02 bits per heavy atom. The minimum atomic E-state index is -4.43. The number of hydrogen-bond acceptors (Lipinski definition) is 7. The van der Waals surface area contributed by atoms with Crippen molar-refractivity contribution < 1.29 is 64.1 Å². The van der Waals surface area contributed by atoms with Crippen molar-refractivity contribution >= 4 is 45.8 Å². The third kappa shape index (κ3) is 12.3. The molecule has 4 fully saturated rings. The van der Waals surface area contributed by atoms with Gasteiger partial charge in [0.2, 0.25) is 0 Å². The summed E-state index contributed by atoms with van der Waals surface area (Å²) in [5, 5.41) is 16.3. The Hall–Kier alpha value is -7.64. The maximum atomic E-state index is 13.5. The highest BCUT2D eigenvalue weighted by atomic mass is 19.4. The van der Waals surface area contributed by atoms with Crippen LogP contribution in [-0.4, -0.2) is 73.4 Å². The quantitative estimate of drug-likeness (QED) is 0.0637. The van der Waals surface area contributed by atoms with Crippen molar-refractivity contribution in [3.05, 3.63) is 166 Å². The maximum Gasteiger partial charge on any atom is 0.416 e. The number of alkyl halides is 8. The number of aromatic nitrogens is 4. The highest BCUT2D eigenvalue weighted by Gasteiger charge is 2.56. The lowest BCUT2D eigenvalue weighted by atomic mass is 9.50. The van der Waals surface area contributed by atoms with Crippen LogP contribution in [0.25, 0.3) is 22.1 Å². The van der Waals surface area contributed by atoms with Gasteiger partial charge in [0.25, 0.3) is 11.8 Å². The summed E-state index contributed by atoms with van der Waals surface area (Å²) in [7, 11) is 0. The van der Waals surface area contributed by atoms with Gasteiger partial charge >= 0.3 is 24.3 Å². The summed E-state index contributed by atoms with van der Waals surface area (Å²) in [4.78, 5) is 59.4. The summed E-state index contributed by atoms with van der Waals surface area (Å²) in [6, 6.07) is 22.7. The van der Waals surface area contributed by atoms with E-state index in [-0.39, 0.29) is 92.0 Å². The van der Waals surface area contributed by atoms with Gasteiger partial charge in [-0.1, -0.05) is 62.0 Å². The molecule has 4 saturated carbocycles. The molecule has 4 aliphatic carbocycles. The molecular formula is C61H62F8N6O6. The Kier molecular flexibility index (Phi) is 16.5. The number of nitrogens with zero attached hydrogens (tertiary/aromatic N) is 4. The van der Waals surface area contributed by atoms with Gasteiger partial charge in [0.05, 0.1) is 47.2 Å². The molecule has 3 N–H and O–H groups in total. The lowest BCUT2D eigenvalue weighted by Gasteiger charge is -2.57. The van der Waals surface area contributed by atoms with Crippen molar-refractivity contribution in [1.82, 2.24) is 29.7 Å². The molecule has 2 amide bonds. The van der Waals surface area contributed by atoms with E-state index in [0.717, 1.165) is 68.4 Å². The molecule has 2 spiro atoms. The second-order valence-corrected chi connectivity index (χ2v) is 22.1. The number of ether oxygens (including phenoxy) is 1. The Morgan fingerprint density at radius 3 is 1.41 bits per heavy atom. The summed E-state index contributed by atoms with van der Waals surface area (Å²) in [5.41, 5.74) is 3.79. The number of rotatable bonds is 16. The molecule has 20 heteroatoms. The monoisotopic (exact) mass is 1130 g/mol. The summed E-state index contributed by atoms with van der Waals surface area (Å²) in [6.45, 7) is 0.614. The number of aliphatic carboxylic acids is 1. The molecule has 1 atom stereocenters. The topological polar surface area (TPSA) is 157 Å². The van der Waals surface area contributed by atoms with Gasteiger partial charge in [-0.05, 0) is 146 Å². The van der Waals surface area contributed by atoms with Gasteiger partial charge in [-0.3, -0.25) is 19.2 Å². The number of pyridine rings is 2. The second kappa shape index (κ2) is 23.1. The molecule has 81 heavy (non-hydrogen) atoms. The summed E-state index contributed by atoms with van der Waals surface area (Å²) in [5.74, 6) is -2.04. The van der Waals surface area contributed by atoms with Gasteiger partial charge in [0, 0.05) is 47.6 Å². The van der Waals surface area contributed by atoms with Crippen molar-refractivity contribution in [2.45, 2.75) is 122 Å². The molecule has 0 radical (unpaired) electrons. The van der Waals surface area contributed by atoms with E-state index in [9.17, 15) is 54.3 Å². The minimum Gasteiger partial charge on any atom is -0.481 e. The van der Waals surface area contributed by atoms with Crippen LogP contribution in [0.15, 0.2) is 116 Å². The minimum absolute atomic E-state index is 0. The van der Waals surface area contributed by atoms with E-state index in [1.165, 1.54) is 24.3 Å². The number of carboxylic acids is 1. The number of halogens is 8. The van der Waals surface area contributed by atoms with Crippen LogP contribution in [-0.2, 0) is 52.6 Å². The molecule has 4 heterocycles. The number of carbonyl (C=O) groups excluding carboxylic acids is 3. The van der Waals surface area contributed by atoms with Crippen LogP contribution in [0, 0.1) is 22.7 Å². The first-order chi connectivity index (χ1) is 38.1. The first-order valence-electron chi connectivity index (χ1n) is 26.6. The van der Waals surface area contributed by atoms with Crippen LogP contribution in [0.1, 0.15) is 131 Å². The number of hydrogen-bond donors (Lipinski definition) is 3. The molecule has 11 rings (SSSR count). The number of esters is 1. The van der Waals surface area contributed by atoms with Crippen LogP contribution >= 0.6 is 0 Å². The van der Waals surface area contributed by atoms with Gasteiger partial charge in [-0.2, -0.15) is 26.3 Å². The predicted molar refractivity (Wildman–Crippen MR) is 287 cm³/mol. The fourth-order valence-corrected chi connectivity index (χ4v) is 12.5. The van der Waals surface area contributed by atoms with Gasteiger partial charge in [0.1, 0.15) is 30.7 Å². The van der Waals surface area contributed by atoms with Gasteiger partial charge < -0.3 is 29.6 Å². The summed E-state index contributed by atoms with van der Waals surface area (Å²) >= 11 is 0. The van der Waals surface area contributed by atoms with E-state index in [0.29, 0.717) is 68.3 Å². The average molecular weight is 1130 g/mol. The molecule has 4 aromatic heterocycles. The van der Waals surface area contributed by atoms with Crippen LogP contribution < -0.4 is 10.6 Å². The molecule has 0 aliphatic heterocycles. The van der Waals surface area contributed by atoms with Crippen molar-refractivity contribution in [1.29, 1.82) is 0 Å². The standard InChI is InChI=1S/C34H33F4N3O3.C26H25F4N3O3.CH4/c1-21(23-5-3-2-4-6-23)44-32(43)25-16-33(17-25)18-27(19-33)40-31(42)28-20-41(14-12-35)30-29(28)24(11-13-39-30)15-22-7-9-26(10-8-22)34(36,37)38;27-6-8-33-14-20(23(34)32-19-12-25(13-19)10-17(11-25)24(35)36)21-16(5-7-31-22(21)33)9-15-1-3-18(4-2-15)26(28,29)30;/h2-11,13,20-21,25,27H,12,14-19H2,1H3,(H,40,42);1-5,7,14,17,19H,6,8-13H2,(H,32,34)(H,35,36);1H4/t21-,25?,27?,33?;;/m0../s1. The Morgan fingerprint density at radius 1 is 0.617 bits per heavy atom. The molecular weight excluding hydrogens is 1060 g/mol. The Balaban J connectivity index is 0.000000197. The van der Waals surface area contributed by atoms with Crippen LogP contribution in [0.5, 0.6) is 0 Å². The number of benzene rings is 3. The van der Waals surface area contributed by atoms with Crippen molar-refractivity contribution in [2.75, 3.05) is 13.3 Å². The molecule has 0 saturated heterocycles. The number of amides is 2. The lowest BCUT2D eigenvalue weighted by molar-refractivity contribution is -0.167. The number of fused-ring (bicyclic) bond motifs is 2. The van der Waals surface area contributed by atoms with E-state index < -0.39 is 42.8 Å². The van der Waals surface area contributed by atoms with Crippen LogP contribution in [0.2, 0.25) is 0 Å². The van der Waals surface area contributed by atoms with Crippen molar-refractivity contribution in [3.8, 4) is 0 Å².